The zero-order chi connectivity index (χ0) is 28.4. The monoisotopic (exact) mass is 546 g/mol. The second-order valence-electron chi connectivity index (χ2n) is 10.8. The van der Waals surface area contributed by atoms with Crippen LogP contribution in [-0.4, -0.2) is 83.2 Å². The van der Waals surface area contributed by atoms with Crippen molar-refractivity contribution in [3.63, 3.8) is 0 Å². The Hall–Kier alpha value is -4.41. The van der Waals surface area contributed by atoms with Crippen LogP contribution in [0.4, 0.5) is 21.1 Å². The van der Waals surface area contributed by atoms with Gasteiger partial charge < -0.3 is 19.3 Å². The van der Waals surface area contributed by atoms with Crippen LogP contribution in [0, 0.1) is 0 Å². The van der Waals surface area contributed by atoms with E-state index in [1.165, 1.54) is 11.2 Å². The van der Waals surface area contributed by atoms with Gasteiger partial charge in [0.25, 0.3) is 0 Å². The number of methoxy groups -OCH3 is 1. The molecule has 11 nitrogen and oxygen atoms in total. The molecular weight excluding hydrogens is 512 g/mol. The van der Waals surface area contributed by atoms with E-state index in [-0.39, 0.29) is 31.5 Å². The fourth-order valence-corrected chi connectivity index (χ4v) is 4.94. The SMILES string of the molecule is COc1ccc(CN2C(=O)CCN(c3ncnc4c(N5CCN(C(=O)OC(C)(C)C)CC5)cccc34)C2=O)cc1. The number of rotatable bonds is 5. The van der Waals surface area contributed by atoms with E-state index >= 15 is 0 Å². The Morgan fingerprint density at radius 1 is 0.950 bits per heavy atom. The first kappa shape index (κ1) is 27.2. The van der Waals surface area contributed by atoms with Crippen LogP contribution in [0.25, 0.3) is 10.9 Å². The van der Waals surface area contributed by atoms with Crippen molar-refractivity contribution in [1.29, 1.82) is 0 Å². The summed E-state index contributed by atoms with van der Waals surface area (Å²) in [5.74, 6) is 0.951. The lowest BCUT2D eigenvalue weighted by molar-refractivity contribution is -0.129. The fraction of sp³-hybridized carbons (Fsp3) is 0.414. The van der Waals surface area contributed by atoms with Gasteiger partial charge in [-0.3, -0.25) is 14.6 Å². The Balaban J connectivity index is 1.36. The molecule has 2 aliphatic heterocycles. The van der Waals surface area contributed by atoms with E-state index in [1.54, 1.807) is 29.0 Å². The Morgan fingerprint density at radius 3 is 2.35 bits per heavy atom. The van der Waals surface area contributed by atoms with Crippen molar-refractivity contribution >= 4 is 40.4 Å². The van der Waals surface area contributed by atoms with Crippen LogP contribution in [0.1, 0.15) is 32.8 Å². The topological polar surface area (TPSA) is 108 Å². The molecule has 0 unspecified atom stereocenters. The summed E-state index contributed by atoms with van der Waals surface area (Å²) in [4.78, 5) is 54.6. The number of hydrogen-bond donors (Lipinski definition) is 0. The molecule has 0 N–H and O–H groups in total. The minimum atomic E-state index is -0.544. The molecule has 2 aromatic carbocycles. The van der Waals surface area contributed by atoms with Crippen LogP contribution in [-0.2, 0) is 16.1 Å². The summed E-state index contributed by atoms with van der Waals surface area (Å²) in [6.07, 6.45) is 1.34. The Labute approximate surface area is 233 Å². The molecule has 2 aliphatic rings. The molecule has 0 atom stereocenters. The van der Waals surface area contributed by atoms with E-state index in [4.69, 9.17) is 9.47 Å². The maximum Gasteiger partial charge on any atom is 0.410 e. The number of amides is 4. The summed E-state index contributed by atoms with van der Waals surface area (Å²) in [5.41, 5.74) is 1.90. The van der Waals surface area contributed by atoms with Gasteiger partial charge in [0.15, 0.2) is 0 Å². The van der Waals surface area contributed by atoms with Crippen molar-refractivity contribution in [3.05, 3.63) is 54.4 Å². The van der Waals surface area contributed by atoms with E-state index < -0.39 is 11.6 Å². The number of imide groups is 1. The quantitative estimate of drug-likeness (QED) is 0.472. The van der Waals surface area contributed by atoms with Gasteiger partial charge in [0, 0.05) is 44.5 Å². The summed E-state index contributed by atoms with van der Waals surface area (Å²) in [6.45, 7) is 8.25. The van der Waals surface area contributed by atoms with E-state index in [2.05, 4.69) is 14.9 Å². The van der Waals surface area contributed by atoms with Gasteiger partial charge >= 0.3 is 12.1 Å². The number of para-hydroxylation sites is 1. The van der Waals surface area contributed by atoms with Gasteiger partial charge in [0.05, 0.1) is 24.9 Å². The third-order valence-electron chi connectivity index (χ3n) is 6.96. The Kier molecular flexibility index (Phi) is 7.46. The lowest BCUT2D eigenvalue weighted by atomic mass is 10.1. The molecule has 0 radical (unpaired) electrons. The molecule has 1 aromatic heterocycles. The van der Waals surface area contributed by atoms with Crippen molar-refractivity contribution in [2.75, 3.05) is 49.6 Å². The van der Waals surface area contributed by atoms with Crippen LogP contribution < -0.4 is 14.5 Å². The molecule has 5 rings (SSSR count). The highest BCUT2D eigenvalue weighted by atomic mass is 16.6. The zero-order valence-corrected chi connectivity index (χ0v) is 23.3. The number of hydrogen-bond acceptors (Lipinski definition) is 8. The number of ether oxygens (including phenoxy) is 2. The number of piperazine rings is 1. The van der Waals surface area contributed by atoms with E-state index in [0.717, 1.165) is 16.6 Å². The van der Waals surface area contributed by atoms with Crippen LogP contribution in [0.3, 0.4) is 0 Å². The molecule has 3 heterocycles. The van der Waals surface area contributed by atoms with Crippen molar-refractivity contribution in [3.8, 4) is 5.75 Å². The number of carbonyl (C=O) groups excluding carboxylic acids is 3. The third kappa shape index (κ3) is 5.63. The van der Waals surface area contributed by atoms with Gasteiger partial charge in [-0.05, 0) is 50.6 Å². The Bertz CT molecular complexity index is 1410. The molecule has 0 spiro atoms. The first-order chi connectivity index (χ1) is 19.1. The lowest BCUT2D eigenvalue weighted by Gasteiger charge is -2.37. The molecule has 2 saturated heterocycles. The number of aromatic nitrogens is 2. The lowest BCUT2D eigenvalue weighted by Crippen LogP contribution is -2.52. The molecule has 0 aliphatic carbocycles. The second kappa shape index (κ2) is 11.0. The van der Waals surface area contributed by atoms with E-state index in [0.29, 0.717) is 43.3 Å². The smallest absolute Gasteiger partial charge is 0.410 e. The first-order valence-corrected chi connectivity index (χ1v) is 13.4. The van der Waals surface area contributed by atoms with Crippen molar-refractivity contribution < 1.29 is 23.9 Å². The third-order valence-corrected chi connectivity index (χ3v) is 6.96. The van der Waals surface area contributed by atoms with Gasteiger partial charge in [0.2, 0.25) is 5.91 Å². The largest absolute Gasteiger partial charge is 0.497 e. The molecular formula is C29H34N6O5. The number of urea groups is 1. The molecule has 11 heteroatoms. The number of anilines is 2. The van der Waals surface area contributed by atoms with Crippen molar-refractivity contribution in [1.82, 2.24) is 19.8 Å². The van der Waals surface area contributed by atoms with Gasteiger partial charge in [0.1, 0.15) is 23.5 Å². The van der Waals surface area contributed by atoms with Gasteiger partial charge in [-0.1, -0.05) is 18.2 Å². The minimum Gasteiger partial charge on any atom is -0.497 e. The molecule has 0 saturated carbocycles. The average Bonchev–Trinajstić information content (AvgIpc) is 2.94. The highest BCUT2D eigenvalue weighted by molar-refractivity contribution is 6.09. The second-order valence-corrected chi connectivity index (χ2v) is 10.8. The number of carbonyl (C=O) groups is 3. The Morgan fingerprint density at radius 2 is 1.68 bits per heavy atom. The molecule has 210 valence electrons. The molecule has 3 aromatic rings. The summed E-state index contributed by atoms with van der Waals surface area (Å²) in [7, 11) is 1.59. The predicted octanol–water partition coefficient (Wildman–Crippen LogP) is 4.05. The maximum atomic E-state index is 13.6. The number of fused-ring (bicyclic) bond motifs is 1. The van der Waals surface area contributed by atoms with Gasteiger partial charge in [-0.15, -0.1) is 0 Å². The summed E-state index contributed by atoms with van der Waals surface area (Å²) < 4.78 is 10.7. The highest BCUT2D eigenvalue weighted by Crippen LogP contribution is 2.33. The van der Waals surface area contributed by atoms with Gasteiger partial charge in [-0.2, -0.15) is 0 Å². The van der Waals surface area contributed by atoms with E-state index in [1.807, 2.05) is 51.1 Å². The fourth-order valence-electron chi connectivity index (χ4n) is 4.94. The molecule has 40 heavy (non-hydrogen) atoms. The summed E-state index contributed by atoms with van der Waals surface area (Å²) in [5, 5.41) is 0.724. The van der Waals surface area contributed by atoms with Crippen molar-refractivity contribution in [2.24, 2.45) is 0 Å². The number of benzene rings is 2. The van der Waals surface area contributed by atoms with Crippen LogP contribution in [0.15, 0.2) is 48.8 Å². The normalized spacial score (nSPS) is 16.5. The molecule has 2 fully saturated rings. The minimum absolute atomic E-state index is 0.161. The van der Waals surface area contributed by atoms with Crippen LogP contribution >= 0.6 is 0 Å². The summed E-state index contributed by atoms with van der Waals surface area (Å²) >= 11 is 0. The standard InChI is InChI=1S/C29H34N6O5/c1-29(2,3)40-28(38)33-16-14-32(15-17-33)23-7-5-6-22-25(23)30-19-31-26(22)34-13-12-24(36)35(27(34)37)18-20-8-10-21(39-4)11-9-20/h5-11,19H,12-18H2,1-4H3. The highest BCUT2D eigenvalue weighted by Gasteiger charge is 2.35. The molecule has 4 amide bonds. The van der Waals surface area contributed by atoms with Crippen molar-refractivity contribution in [2.45, 2.75) is 39.3 Å². The van der Waals surface area contributed by atoms with Crippen LogP contribution in [0.2, 0.25) is 0 Å². The van der Waals surface area contributed by atoms with Gasteiger partial charge in [-0.25, -0.2) is 19.6 Å². The van der Waals surface area contributed by atoms with E-state index in [9.17, 15) is 14.4 Å². The predicted molar refractivity (Wildman–Crippen MR) is 150 cm³/mol. The average molecular weight is 547 g/mol. The first-order valence-electron chi connectivity index (χ1n) is 13.4. The van der Waals surface area contributed by atoms with Crippen LogP contribution in [0.5, 0.6) is 5.75 Å². The summed E-state index contributed by atoms with van der Waals surface area (Å²) in [6, 6.07) is 12.7. The molecule has 0 bridgehead atoms. The zero-order valence-electron chi connectivity index (χ0n) is 23.3. The maximum absolute atomic E-state index is 13.6. The number of nitrogens with zero attached hydrogens (tertiary/aromatic N) is 6.